The smallest absolute Gasteiger partial charge is 0.411 e. The van der Waals surface area contributed by atoms with E-state index in [0.29, 0.717) is 114 Å². The van der Waals surface area contributed by atoms with Crippen molar-refractivity contribution in [2.45, 2.75) is 230 Å². The van der Waals surface area contributed by atoms with Crippen molar-refractivity contribution in [3.8, 4) is 23.3 Å². The number of methoxy groups -OCH3 is 2. The summed E-state index contributed by atoms with van der Waals surface area (Å²) in [4.78, 5) is 130. The van der Waals surface area contributed by atoms with Crippen LogP contribution in [0.25, 0.3) is 21.5 Å². The second kappa shape index (κ2) is 33.6. The van der Waals surface area contributed by atoms with Gasteiger partial charge in [0.1, 0.15) is 41.5 Å². The molecule has 112 heavy (non-hydrogen) atoms. The molecule has 0 radical (unpaired) electrons. The number of rotatable bonds is 32. The van der Waals surface area contributed by atoms with E-state index < -0.39 is 120 Å². The standard InChI is InChI=1S/C37H47N3O11S.C31H41N3O9S.C11H16O5/c1-4-24-18-37(24,35(44)39-52(45,46)51-36(2)11-12-36)19-31(41)30-16-27(50-33-28-8-7-25(47-3)15-23(28)9-13-38-33)20-40(30)34(43)29(22-5-6-22)17-32(42)49-26-10-14-48-21-26;1-7-20-16-31(20,27(36)33-44(38,39)43-30(5)11-12-30)17-25(35)24-15-22(18-34(24)28(37)42-29(2,3)4)41-26-23-9-8-21(40-6)14-19(23)10-13-32-26;12-10(16-8-3-4-15-6-8)5-9(11(13)14)7-1-2-7/h7-9,13,15,22,24,26-27,29-30H,4-6,10-12,14,16-21H2,1-3H3,(H,39,44);8-10,13-14,20,22,24H,7,11-12,15-18H2,1-6H3,(H,33,36);7-9H,1-6H2,(H,13,14)/t24-,26+,27-,29+,30+,37-;20-,22-,24+,31-;8-,9-/m110/s1. The van der Waals surface area contributed by atoms with Gasteiger partial charge in [-0.1, -0.05) is 26.7 Å². The minimum absolute atomic E-state index is 0.00347. The Morgan fingerprint density at radius 1 is 0.589 bits per heavy atom. The van der Waals surface area contributed by atoms with Gasteiger partial charge in [0, 0.05) is 61.7 Å². The number of benzene rings is 2. The Morgan fingerprint density at radius 3 is 1.38 bits per heavy atom. The number of hydrogen-bond acceptors (Lipinski definition) is 26. The number of carboxylic acids is 1. The molecule has 0 unspecified atom stereocenters. The molecule has 14 rings (SSSR count). The van der Waals surface area contributed by atoms with Crippen LogP contribution in [0.2, 0.25) is 0 Å². The van der Waals surface area contributed by atoms with Gasteiger partial charge in [-0.25, -0.2) is 32.6 Å². The highest BCUT2D eigenvalue weighted by molar-refractivity contribution is 7.85. The molecule has 0 spiro atoms. The number of nitrogens with zero attached hydrogens (tertiary/aromatic N) is 4. The zero-order chi connectivity index (χ0) is 80.5. The van der Waals surface area contributed by atoms with Crippen LogP contribution >= 0.6 is 0 Å². The van der Waals surface area contributed by atoms with E-state index in [1.165, 1.54) is 9.80 Å². The van der Waals surface area contributed by atoms with Gasteiger partial charge in [-0.3, -0.25) is 43.3 Å². The molecular formula is C79H104N6O25S2. The molecule has 6 heterocycles. The van der Waals surface area contributed by atoms with Crippen molar-refractivity contribution in [2.75, 3.05) is 53.7 Å². The summed E-state index contributed by atoms with van der Waals surface area (Å²) in [6, 6.07) is 12.7. The van der Waals surface area contributed by atoms with E-state index >= 15 is 0 Å². The summed E-state index contributed by atoms with van der Waals surface area (Å²) in [7, 11) is -5.57. The van der Waals surface area contributed by atoms with Crippen LogP contribution in [-0.2, 0) is 91.0 Å². The number of carboxylic acid groups (broad SMARTS) is 1. The van der Waals surface area contributed by atoms with Gasteiger partial charge in [0.05, 0.1) is 113 Å². The molecule has 2 aromatic carbocycles. The highest BCUT2D eigenvalue weighted by Gasteiger charge is 2.64. The number of fused-ring (bicyclic) bond motifs is 2. The molecular weight excluding hydrogens is 1500 g/mol. The third-order valence-electron chi connectivity index (χ3n) is 23.1. The van der Waals surface area contributed by atoms with Gasteiger partial charge >= 0.3 is 44.6 Å². The fourth-order valence-corrected chi connectivity index (χ4v) is 18.0. The predicted octanol–water partition coefficient (Wildman–Crippen LogP) is 8.77. The van der Waals surface area contributed by atoms with Crippen molar-refractivity contribution in [2.24, 2.45) is 46.3 Å². The first kappa shape index (κ1) is 83.1. The maximum absolute atomic E-state index is 14.4. The lowest BCUT2D eigenvalue weighted by Crippen LogP contribution is -2.47. The molecule has 10 aliphatic rings. The molecule has 4 amide bonds. The van der Waals surface area contributed by atoms with E-state index in [0.717, 1.165) is 47.2 Å². The van der Waals surface area contributed by atoms with Crippen molar-refractivity contribution in [1.29, 1.82) is 0 Å². The first-order valence-electron chi connectivity index (χ1n) is 38.9. The van der Waals surface area contributed by atoms with Gasteiger partial charge in [0.2, 0.25) is 29.5 Å². The summed E-state index contributed by atoms with van der Waals surface area (Å²) in [5.41, 5.74) is -4.90. The number of amides is 4. The molecule has 31 nitrogen and oxygen atoms in total. The summed E-state index contributed by atoms with van der Waals surface area (Å²) < 4.78 is 115. The van der Waals surface area contributed by atoms with Crippen molar-refractivity contribution < 1.29 is 116 Å². The molecule has 4 aromatic rings. The summed E-state index contributed by atoms with van der Waals surface area (Å²) in [6.07, 6.45) is 9.34. The Kier molecular flexibility index (Phi) is 24.9. The number of likely N-dealkylation sites (tertiary alicyclic amines) is 2. The number of aromatic nitrogens is 2. The predicted molar refractivity (Wildman–Crippen MR) is 399 cm³/mol. The summed E-state index contributed by atoms with van der Waals surface area (Å²) in [5, 5.41) is 12.1. The average molecular weight is 1600 g/mol. The molecule has 6 aliphatic carbocycles. The van der Waals surface area contributed by atoms with Crippen LogP contribution in [0.4, 0.5) is 4.79 Å². The molecule has 612 valence electrons. The first-order chi connectivity index (χ1) is 53.0. The van der Waals surface area contributed by atoms with Crippen LogP contribution < -0.4 is 28.4 Å². The third kappa shape index (κ3) is 20.8. The van der Waals surface area contributed by atoms with E-state index in [2.05, 4.69) is 19.4 Å². The van der Waals surface area contributed by atoms with Crippen molar-refractivity contribution in [3.63, 3.8) is 0 Å². The normalized spacial score (nSPS) is 27.0. The molecule has 6 saturated carbocycles. The number of pyridine rings is 2. The van der Waals surface area contributed by atoms with Crippen LogP contribution in [0, 0.1) is 46.3 Å². The van der Waals surface area contributed by atoms with Gasteiger partial charge in [0.25, 0.3) is 0 Å². The molecule has 3 N–H and O–H groups in total. The van der Waals surface area contributed by atoms with Crippen molar-refractivity contribution in [1.82, 2.24) is 29.2 Å². The largest absolute Gasteiger partial charge is 0.497 e. The maximum atomic E-state index is 14.4. The summed E-state index contributed by atoms with van der Waals surface area (Å²) in [6.45, 7) is 14.3. The lowest BCUT2D eigenvalue weighted by Gasteiger charge is -2.29. The highest BCUT2D eigenvalue weighted by Crippen LogP contribution is 2.59. The van der Waals surface area contributed by atoms with E-state index in [4.69, 9.17) is 56.1 Å². The minimum atomic E-state index is -4.39. The first-order valence-corrected chi connectivity index (χ1v) is 41.7. The lowest BCUT2D eigenvalue weighted by molar-refractivity contribution is -0.155. The number of nitrogens with one attached hydrogen (secondary N) is 2. The molecule has 2 aromatic heterocycles. The SMILES string of the molecule is CC[C@@H]1C[C@]1(CC(=O)[C@@H]1C[C@@H](Oc2nccc3cc(OC)ccc23)CN1C(=O)OC(C)(C)C)C(=O)NS(=O)(=O)OC1(C)CC1.CC[C@@H]1C[C@]1(CC(=O)[C@@H]1C[C@@H](Oc2nccc3cc(OC)ccc23)CN1C(=O)[C@@H](CC(=O)O[C@H]1CCOC1)C1CC1)C(=O)NS(=O)(=O)OC1(C)CC1.O=C(C[C@H](C(=O)O)C1CC1)O[C@H]1CCOC1. The molecule has 4 aliphatic heterocycles. The molecule has 12 atom stereocenters. The second-order valence-electron chi connectivity index (χ2n) is 33.2. The minimum Gasteiger partial charge on any atom is -0.497 e. The Bertz CT molecular complexity index is 4450. The van der Waals surface area contributed by atoms with Crippen molar-refractivity contribution in [3.05, 3.63) is 60.9 Å². The highest BCUT2D eigenvalue weighted by atomic mass is 32.2. The van der Waals surface area contributed by atoms with E-state index in [1.807, 2.05) is 50.2 Å². The fourth-order valence-electron chi connectivity index (χ4n) is 15.7. The Hall–Kier alpha value is -8.37. The zero-order valence-corrected chi connectivity index (χ0v) is 66.6. The van der Waals surface area contributed by atoms with Crippen LogP contribution in [0.15, 0.2) is 60.9 Å². The number of carbonyl (C=O) groups is 9. The quantitative estimate of drug-likeness (QED) is 0.0303. The summed E-state index contributed by atoms with van der Waals surface area (Å²) >= 11 is 0. The number of ether oxygens (including phenoxy) is 9. The molecule has 4 saturated heterocycles. The average Bonchev–Trinajstić information content (AvgIpc) is 1.58. The number of Topliss-reactive ketones (excluding diaryl/α,β-unsaturated/α-hetero) is 2. The van der Waals surface area contributed by atoms with Crippen molar-refractivity contribution >= 4 is 95.4 Å². The number of esters is 2. The van der Waals surface area contributed by atoms with E-state index in [-0.39, 0.29) is 105 Å². The van der Waals surface area contributed by atoms with Crippen LogP contribution in [0.5, 0.6) is 23.3 Å². The Balaban J connectivity index is 0.000000175. The number of hydrogen-bond donors (Lipinski definition) is 3. The van der Waals surface area contributed by atoms with Gasteiger partial charge < -0.3 is 52.6 Å². The van der Waals surface area contributed by atoms with Gasteiger partial charge in [-0.05, 0) is 182 Å². The van der Waals surface area contributed by atoms with Gasteiger partial charge in [0.15, 0.2) is 11.6 Å². The Labute approximate surface area is 652 Å². The topological polar surface area (TPSA) is 400 Å². The zero-order valence-electron chi connectivity index (χ0n) is 64.9. The van der Waals surface area contributed by atoms with Gasteiger partial charge in [-0.2, -0.15) is 16.8 Å². The number of carbonyl (C=O) groups excluding carboxylic acids is 8. The maximum Gasteiger partial charge on any atom is 0.411 e. The molecule has 0 bridgehead atoms. The fraction of sp³-hybridized carbons (Fsp3) is 0.658. The van der Waals surface area contributed by atoms with Crippen LogP contribution in [0.3, 0.4) is 0 Å². The summed E-state index contributed by atoms with van der Waals surface area (Å²) in [5.74, 6) is -3.82. The number of ketones is 2. The monoisotopic (exact) mass is 1600 g/mol. The third-order valence-corrected chi connectivity index (χ3v) is 25.2. The van der Waals surface area contributed by atoms with Crippen LogP contribution in [-0.4, -0.2) is 202 Å². The molecule has 10 fully saturated rings. The van der Waals surface area contributed by atoms with E-state index in [1.54, 1.807) is 73.4 Å². The second-order valence-corrected chi connectivity index (χ2v) is 35.7. The van der Waals surface area contributed by atoms with Crippen LogP contribution in [0.1, 0.15) is 177 Å². The lowest BCUT2D eigenvalue weighted by atomic mass is 9.90. The number of aliphatic carboxylic acids is 1. The van der Waals surface area contributed by atoms with E-state index in [9.17, 15) is 60.0 Å². The molecule has 33 heteroatoms. The Morgan fingerprint density at radius 2 is 1.01 bits per heavy atom. The van der Waals surface area contributed by atoms with Gasteiger partial charge in [-0.15, -0.1) is 0 Å².